The fourth-order valence-electron chi connectivity index (χ4n) is 3.46. The quantitative estimate of drug-likeness (QED) is 0.288. The Morgan fingerprint density at radius 1 is 0.867 bits per heavy atom. The Morgan fingerprint density at radius 3 is 2.30 bits per heavy atom. The van der Waals surface area contributed by atoms with Gasteiger partial charge in [-0.2, -0.15) is 0 Å². The van der Waals surface area contributed by atoms with Gasteiger partial charge in [-0.05, 0) is 18.2 Å². The van der Waals surface area contributed by atoms with Crippen molar-refractivity contribution in [2.45, 2.75) is 24.4 Å². The lowest BCUT2D eigenvalue weighted by Crippen LogP contribution is -2.49. The molecular weight excluding hydrogens is 400 g/mol. The maximum atomic E-state index is 12.7. The highest BCUT2D eigenvalue weighted by atomic mass is 16.5. The summed E-state index contributed by atoms with van der Waals surface area (Å²) < 4.78 is 10.8. The number of aliphatic hydroxyl groups is 3. The number of fused-ring (bicyclic) bond motifs is 1. The van der Waals surface area contributed by atoms with E-state index in [0.717, 1.165) is 12.1 Å². The molecule has 0 unspecified atom stereocenters. The van der Waals surface area contributed by atoms with Gasteiger partial charge in [-0.1, -0.05) is 0 Å². The van der Waals surface area contributed by atoms with Crippen LogP contribution in [0.4, 0.5) is 0 Å². The molecule has 7 N–H and O–H groups in total. The van der Waals surface area contributed by atoms with Crippen molar-refractivity contribution < 1.29 is 44.9 Å². The standard InChI is InChI=1S/C20H18O10/c21-8-2-1-7(3-9(8)22)13-4-10(23)15-14(30-13)5-11(24)16(18(15)27)20-19(28)17(26)12(25)6-29-20/h1-5,12,17,19-22,24-28H,6H2/t12-,17+,19+,20-/m1/s1. The van der Waals surface area contributed by atoms with E-state index in [2.05, 4.69) is 0 Å². The van der Waals surface area contributed by atoms with Gasteiger partial charge in [0, 0.05) is 17.7 Å². The smallest absolute Gasteiger partial charge is 0.197 e. The number of rotatable bonds is 2. The van der Waals surface area contributed by atoms with Crippen LogP contribution in [0.5, 0.6) is 23.0 Å². The van der Waals surface area contributed by atoms with Crippen LogP contribution in [-0.2, 0) is 4.74 Å². The highest BCUT2D eigenvalue weighted by Crippen LogP contribution is 2.43. The summed E-state index contributed by atoms with van der Waals surface area (Å²) in [7, 11) is 0. The second-order valence-electron chi connectivity index (χ2n) is 7.01. The van der Waals surface area contributed by atoms with E-state index >= 15 is 0 Å². The summed E-state index contributed by atoms with van der Waals surface area (Å²) in [5, 5.41) is 69.5. The molecule has 10 heteroatoms. The topological polar surface area (TPSA) is 181 Å². The Morgan fingerprint density at radius 2 is 1.60 bits per heavy atom. The van der Waals surface area contributed by atoms with Gasteiger partial charge in [0.15, 0.2) is 16.9 Å². The molecule has 0 bridgehead atoms. The van der Waals surface area contributed by atoms with Crippen LogP contribution in [0, 0.1) is 0 Å². The average Bonchev–Trinajstić information content (AvgIpc) is 2.69. The van der Waals surface area contributed by atoms with Gasteiger partial charge in [0.25, 0.3) is 0 Å². The first kappa shape index (κ1) is 20.0. The molecule has 0 amide bonds. The SMILES string of the molecule is O=c1cc(-c2ccc(O)c(O)c2)oc2cc(O)c([C@H]3OC[C@@H](O)[C@H](O)[C@@H]3O)c(O)c12. The third kappa shape index (κ3) is 3.12. The van der Waals surface area contributed by atoms with Gasteiger partial charge in [0.05, 0.1) is 12.2 Å². The lowest BCUT2D eigenvalue weighted by Gasteiger charge is -2.35. The summed E-state index contributed by atoms with van der Waals surface area (Å²) in [4.78, 5) is 12.7. The highest BCUT2D eigenvalue weighted by molar-refractivity contribution is 5.88. The van der Waals surface area contributed by atoms with E-state index < -0.39 is 47.1 Å². The van der Waals surface area contributed by atoms with Gasteiger partial charge in [0.2, 0.25) is 0 Å². The van der Waals surface area contributed by atoms with Crippen molar-refractivity contribution in [3.63, 3.8) is 0 Å². The Balaban J connectivity index is 1.86. The lowest BCUT2D eigenvalue weighted by atomic mass is 9.92. The molecule has 2 heterocycles. The van der Waals surface area contributed by atoms with Crippen LogP contribution in [0.1, 0.15) is 11.7 Å². The molecule has 30 heavy (non-hydrogen) atoms. The molecule has 4 rings (SSSR count). The minimum absolute atomic E-state index is 0.00171. The molecule has 2 aromatic carbocycles. The number of phenolic OH excluding ortho intramolecular Hbond substituents is 4. The van der Waals surface area contributed by atoms with Gasteiger partial charge >= 0.3 is 0 Å². The van der Waals surface area contributed by atoms with Crippen LogP contribution in [0.25, 0.3) is 22.3 Å². The predicted octanol–water partition coefficient (Wildman–Crippen LogP) is 0.436. The molecule has 1 fully saturated rings. The number of phenols is 4. The van der Waals surface area contributed by atoms with Crippen molar-refractivity contribution in [3.8, 4) is 34.3 Å². The van der Waals surface area contributed by atoms with Crippen LogP contribution < -0.4 is 5.43 Å². The number of aliphatic hydroxyl groups excluding tert-OH is 3. The summed E-state index contributed by atoms with van der Waals surface area (Å²) in [5.41, 5.74) is -0.947. The van der Waals surface area contributed by atoms with E-state index in [-0.39, 0.29) is 40.2 Å². The molecule has 0 radical (unpaired) electrons. The second-order valence-corrected chi connectivity index (χ2v) is 7.01. The molecule has 4 atom stereocenters. The first-order valence-electron chi connectivity index (χ1n) is 8.90. The van der Waals surface area contributed by atoms with Crippen LogP contribution in [0.2, 0.25) is 0 Å². The van der Waals surface area contributed by atoms with Crippen LogP contribution in [-0.4, -0.2) is 60.7 Å². The number of aromatic hydroxyl groups is 4. The molecule has 3 aromatic rings. The molecule has 0 aliphatic carbocycles. The fraction of sp³-hybridized carbons (Fsp3) is 0.250. The third-order valence-electron chi connectivity index (χ3n) is 5.06. The zero-order chi connectivity index (χ0) is 21.7. The van der Waals surface area contributed by atoms with E-state index in [1.165, 1.54) is 18.2 Å². The monoisotopic (exact) mass is 418 g/mol. The van der Waals surface area contributed by atoms with E-state index in [1.807, 2.05) is 0 Å². The molecule has 1 aliphatic rings. The summed E-state index contributed by atoms with van der Waals surface area (Å²) in [6, 6.07) is 5.86. The number of ether oxygens (including phenoxy) is 1. The fourth-order valence-corrected chi connectivity index (χ4v) is 3.46. The Kier molecular flexibility index (Phi) is 4.79. The summed E-state index contributed by atoms with van der Waals surface area (Å²) in [6.07, 6.45) is -6.01. The largest absolute Gasteiger partial charge is 0.507 e. The highest BCUT2D eigenvalue weighted by Gasteiger charge is 2.41. The minimum atomic E-state index is -1.67. The molecule has 0 saturated carbocycles. The van der Waals surface area contributed by atoms with Crippen molar-refractivity contribution in [1.29, 1.82) is 0 Å². The van der Waals surface area contributed by atoms with E-state index in [0.29, 0.717) is 0 Å². The maximum Gasteiger partial charge on any atom is 0.197 e. The van der Waals surface area contributed by atoms with Crippen molar-refractivity contribution in [2.75, 3.05) is 6.61 Å². The first-order valence-corrected chi connectivity index (χ1v) is 8.90. The van der Waals surface area contributed by atoms with Crippen LogP contribution in [0.15, 0.2) is 39.5 Å². The Bertz CT molecular complexity index is 1180. The number of hydrogen-bond acceptors (Lipinski definition) is 10. The molecule has 10 nitrogen and oxygen atoms in total. The molecule has 1 saturated heterocycles. The second kappa shape index (κ2) is 7.18. The van der Waals surface area contributed by atoms with Crippen molar-refractivity contribution in [2.24, 2.45) is 0 Å². The molecule has 158 valence electrons. The predicted molar refractivity (Wildman–Crippen MR) is 101 cm³/mol. The van der Waals surface area contributed by atoms with Gasteiger partial charge in [0.1, 0.15) is 52.6 Å². The average molecular weight is 418 g/mol. The summed E-state index contributed by atoms with van der Waals surface area (Å²) in [6.45, 7) is -0.363. The van der Waals surface area contributed by atoms with Crippen molar-refractivity contribution in [3.05, 3.63) is 46.1 Å². The lowest BCUT2D eigenvalue weighted by molar-refractivity contribution is -0.189. The maximum absolute atomic E-state index is 12.7. The molecule has 0 spiro atoms. The third-order valence-corrected chi connectivity index (χ3v) is 5.06. The summed E-state index contributed by atoms with van der Waals surface area (Å²) >= 11 is 0. The van der Waals surface area contributed by atoms with Gasteiger partial charge in [-0.15, -0.1) is 0 Å². The zero-order valence-electron chi connectivity index (χ0n) is 15.3. The molecular formula is C20H18O10. The minimum Gasteiger partial charge on any atom is -0.507 e. The van der Waals surface area contributed by atoms with Crippen molar-refractivity contribution in [1.82, 2.24) is 0 Å². The number of hydrogen-bond donors (Lipinski definition) is 7. The molecule has 1 aliphatic heterocycles. The number of benzene rings is 2. The van der Waals surface area contributed by atoms with Gasteiger partial charge < -0.3 is 44.9 Å². The van der Waals surface area contributed by atoms with Crippen LogP contribution >= 0.6 is 0 Å². The van der Waals surface area contributed by atoms with E-state index in [4.69, 9.17) is 9.15 Å². The summed E-state index contributed by atoms with van der Waals surface area (Å²) in [5.74, 6) is -2.06. The van der Waals surface area contributed by atoms with E-state index in [9.17, 15) is 40.5 Å². The normalized spacial score (nSPS) is 24.2. The Labute approximate surface area is 168 Å². The Hall–Kier alpha value is -3.31. The first-order chi connectivity index (χ1) is 14.2. The molecule has 1 aromatic heterocycles. The van der Waals surface area contributed by atoms with Gasteiger partial charge in [-0.3, -0.25) is 4.79 Å². The van der Waals surface area contributed by atoms with Crippen molar-refractivity contribution >= 4 is 11.0 Å². The van der Waals surface area contributed by atoms with Crippen LogP contribution in [0.3, 0.4) is 0 Å². The zero-order valence-corrected chi connectivity index (χ0v) is 15.3. The van der Waals surface area contributed by atoms with Gasteiger partial charge in [-0.25, -0.2) is 0 Å². The van der Waals surface area contributed by atoms with E-state index in [1.54, 1.807) is 0 Å².